The number of hydrogen-bond donors (Lipinski definition) is 1. The largest absolute Gasteiger partial charge is 0.482 e. The maximum absolute atomic E-state index is 12.2. The smallest absolute Gasteiger partial charge is 0.422 e. The lowest BCUT2D eigenvalue weighted by molar-refractivity contribution is -0.153. The van der Waals surface area contributed by atoms with Crippen molar-refractivity contribution in [2.75, 3.05) is 11.9 Å². The minimum atomic E-state index is -4.45. The number of benzene rings is 1. The van der Waals surface area contributed by atoms with Crippen LogP contribution in [0.25, 0.3) is 0 Å². The van der Waals surface area contributed by atoms with Gasteiger partial charge in [-0.2, -0.15) is 13.2 Å². The lowest BCUT2D eigenvalue weighted by Gasteiger charge is -2.15. The third-order valence-corrected chi connectivity index (χ3v) is 3.16. The van der Waals surface area contributed by atoms with Crippen LogP contribution in [0, 0.1) is 5.92 Å². The highest BCUT2D eigenvalue weighted by molar-refractivity contribution is 6.31. The Labute approximate surface area is 132 Å². The first-order valence-corrected chi connectivity index (χ1v) is 7.38. The molecule has 1 atom stereocenters. The molecule has 1 N–H and O–H groups in total. The average Bonchev–Trinajstić information content (AvgIpc) is 2.36. The van der Waals surface area contributed by atoms with E-state index >= 15 is 0 Å². The van der Waals surface area contributed by atoms with Crippen molar-refractivity contribution in [2.45, 2.75) is 39.3 Å². The van der Waals surface area contributed by atoms with Crippen LogP contribution in [0.4, 0.5) is 18.9 Å². The molecule has 1 unspecified atom stereocenters. The fraction of sp³-hybridized carbons (Fsp3) is 0.533. The van der Waals surface area contributed by atoms with Gasteiger partial charge in [0.1, 0.15) is 5.75 Å². The van der Waals surface area contributed by atoms with Crippen LogP contribution in [0.15, 0.2) is 18.2 Å². The zero-order chi connectivity index (χ0) is 16.8. The van der Waals surface area contributed by atoms with E-state index in [4.69, 9.17) is 16.3 Å². The molecule has 1 aromatic rings. The van der Waals surface area contributed by atoms with Gasteiger partial charge in [-0.05, 0) is 24.1 Å². The van der Waals surface area contributed by atoms with Crippen LogP contribution in [-0.2, 0) is 4.79 Å². The molecule has 3 nitrogen and oxygen atoms in total. The van der Waals surface area contributed by atoms with E-state index in [9.17, 15) is 18.0 Å². The Balaban J connectivity index is 2.75. The second kappa shape index (κ2) is 8.27. The molecule has 1 amide bonds. The second-order valence-electron chi connectivity index (χ2n) is 5.19. The fourth-order valence-electron chi connectivity index (χ4n) is 2.00. The summed E-state index contributed by atoms with van der Waals surface area (Å²) >= 11 is 5.82. The lowest BCUT2D eigenvalue weighted by Crippen LogP contribution is -2.20. The number of rotatable bonds is 7. The zero-order valence-electron chi connectivity index (χ0n) is 12.5. The molecule has 0 aliphatic carbocycles. The fourth-order valence-corrected chi connectivity index (χ4v) is 2.17. The van der Waals surface area contributed by atoms with Gasteiger partial charge < -0.3 is 10.1 Å². The minimum Gasteiger partial charge on any atom is -0.482 e. The third-order valence-electron chi connectivity index (χ3n) is 2.92. The van der Waals surface area contributed by atoms with Gasteiger partial charge in [0, 0.05) is 11.4 Å². The molecule has 1 rings (SSSR count). The molecule has 22 heavy (non-hydrogen) atoms. The summed E-state index contributed by atoms with van der Waals surface area (Å²) in [4.78, 5) is 11.9. The summed E-state index contributed by atoms with van der Waals surface area (Å²) < 4.78 is 41.4. The SMILES string of the molecule is CCCC(C)CC(=O)Nc1cc(Cl)ccc1OCC(F)(F)F. The van der Waals surface area contributed by atoms with Crippen LogP contribution in [0.1, 0.15) is 33.1 Å². The molecule has 0 saturated carbocycles. The molecule has 7 heteroatoms. The number of carbonyl (C=O) groups is 1. The first kappa shape index (κ1) is 18.6. The van der Waals surface area contributed by atoms with Crippen LogP contribution in [-0.4, -0.2) is 18.7 Å². The van der Waals surface area contributed by atoms with Crippen LogP contribution >= 0.6 is 11.6 Å². The number of halogens is 4. The van der Waals surface area contributed by atoms with Gasteiger partial charge in [-0.15, -0.1) is 0 Å². The molecule has 0 saturated heterocycles. The highest BCUT2D eigenvalue weighted by atomic mass is 35.5. The van der Waals surface area contributed by atoms with E-state index in [-0.39, 0.29) is 23.3 Å². The van der Waals surface area contributed by atoms with Crippen LogP contribution < -0.4 is 10.1 Å². The van der Waals surface area contributed by atoms with Crippen LogP contribution in [0.5, 0.6) is 5.75 Å². The summed E-state index contributed by atoms with van der Waals surface area (Å²) in [5, 5.41) is 2.86. The number of hydrogen-bond acceptors (Lipinski definition) is 2. The van der Waals surface area contributed by atoms with Crippen molar-refractivity contribution in [2.24, 2.45) is 5.92 Å². The maximum Gasteiger partial charge on any atom is 0.422 e. The van der Waals surface area contributed by atoms with E-state index in [1.54, 1.807) is 0 Å². The normalized spacial score (nSPS) is 12.8. The molecule has 0 bridgehead atoms. The topological polar surface area (TPSA) is 38.3 Å². The molecule has 0 heterocycles. The summed E-state index contributed by atoms with van der Waals surface area (Å²) in [6.07, 6.45) is -2.29. The van der Waals surface area contributed by atoms with E-state index in [1.807, 2.05) is 13.8 Å². The lowest BCUT2D eigenvalue weighted by atomic mass is 10.0. The third kappa shape index (κ3) is 7.02. The number of nitrogens with one attached hydrogen (secondary N) is 1. The standard InChI is InChI=1S/C15H19ClF3NO2/c1-3-4-10(2)7-14(21)20-12-8-11(16)5-6-13(12)22-9-15(17,18)19/h5-6,8,10H,3-4,7,9H2,1-2H3,(H,20,21). The van der Waals surface area contributed by atoms with Crippen molar-refractivity contribution in [1.82, 2.24) is 0 Å². The Bertz CT molecular complexity index is 506. The van der Waals surface area contributed by atoms with E-state index in [2.05, 4.69) is 5.32 Å². The van der Waals surface area contributed by atoms with Gasteiger partial charge in [0.15, 0.2) is 6.61 Å². The quantitative estimate of drug-likeness (QED) is 0.756. The molecule has 0 aromatic heterocycles. The Morgan fingerprint density at radius 2 is 2.09 bits per heavy atom. The van der Waals surface area contributed by atoms with Crippen LogP contribution in [0.3, 0.4) is 0 Å². The number of amides is 1. The monoisotopic (exact) mass is 337 g/mol. The highest BCUT2D eigenvalue weighted by Crippen LogP contribution is 2.30. The second-order valence-corrected chi connectivity index (χ2v) is 5.63. The molecule has 124 valence electrons. The van der Waals surface area contributed by atoms with Gasteiger partial charge in [0.05, 0.1) is 5.69 Å². The summed E-state index contributed by atoms with van der Waals surface area (Å²) in [5.41, 5.74) is 0.144. The van der Waals surface area contributed by atoms with E-state index in [1.165, 1.54) is 18.2 Å². The Hall–Kier alpha value is -1.43. The van der Waals surface area contributed by atoms with Crippen molar-refractivity contribution < 1.29 is 22.7 Å². The number of ether oxygens (including phenoxy) is 1. The molecule has 0 fully saturated rings. The van der Waals surface area contributed by atoms with E-state index < -0.39 is 12.8 Å². The summed E-state index contributed by atoms with van der Waals surface area (Å²) in [5.74, 6) is -0.137. The number of alkyl halides is 3. The van der Waals surface area contributed by atoms with Gasteiger partial charge in [-0.1, -0.05) is 38.3 Å². The zero-order valence-corrected chi connectivity index (χ0v) is 13.2. The minimum absolute atomic E-state index is 0.0572. The van der Waals surface area contributed by atoms with Crippen molar-refractivity contribution in [3.63, 3.8) is 0 Å². The maximum atomic E-state index is 12.2. The Morgan fingerprint density at radius 3 is 2.68 bits per heavy atom. The van der Waals surface area contributed by atoms with Gasteiger partial charge in [0.2, 0.25) is 5.91 Å². The first-order valence-electron chi connectivity index (χ1n) is 7.00. The number of carbonyl (C=O) groups excluding carboxylic acids is 1. The van der Waals surface area contributed by atoms with Gasteiger partial charge in [0.25, 0.3) is 0 Å². The van der Waals surface area contributed by atoms with Gasteiger partial charge in [-0.25, -0.2) is 0 Å². The Morgan fingerprint density at radius 1 is 1.41 bits per heavy atom. The van der Waals surface area contributed by atoms with Crippen molar-refractivity contribution >= 4 is 23.2 Å². The van der Waals surface area contributed by atoms with Crippen molar-refractivity contribution in [3.8, 4) is 5.75 Å². The predicted molar refractivity (Wildman–Crippen MR) is 80.3 cm³/mol. The van der Waals surface area contributed by atoms with Crippen molar-refractivity contribution in [1.29, 1.82) is 0 Å². The van der Waals surface area contributed by atoms with Crippen molar-refractivity contribution in [3.05, 3.63) is 23.2 Å². The van der Waals surface area contributed by atoms with Crippen LogP contribution in [0.2, 0.25) is 5.02 Å². The summed E-state index contributed by atoms with van der Waals surface area (Å²) in [7, 11) is 0. The Kier molecular flexibility index (Phi) is 7.00. The molecule has 0 radical (unpaired) electrons. The molecular formula is C15H19ClF3NO2. The molecule has 0 spiro atoms. The molecule has 1 aromatic carbocycles. The predicted octanol–water partition coefficient (Wildman–Crippen LogP) is 5.05. The molecular weight excluding hydrogens is 319 g/mol. The van der Waals surface area contributed by atoms with Gasteiger partial charge in [-0.3, -0.25) is 4.79 Å². The van der Waals surface area contributed by atoms with Gasteiger partial charge >= 0.3 is 6.18 Å². The molecule has 0 aliphatic rings. The summed E-state index contributed by atoms with van der Waals surface area (Å²) in [6, 6.07) is 4.08. The number of anilines is 1. The first-order chi connectivity index (χ1) is 10.2. The average molecular weight is 338 g/mol. The summed E-state index contributed by atoms with van der Waals surface area (Å²) in [6.45, 7) is 2.54. The van der Waals surface area contributed by atoms with E-state index in [0.717, 1.165) is 12.8 Å². The molecule has 0 aliphatic heterocycles. The van der Waals surface area contributed by atoms with E-state index in [0.29, 0.717) is 11.4 Å². The highest BCUT2D eigenvalue weighted by Gasteiger charge is 2.29.